The van der Waals surface area contributed by atoms with Crippen LogP contribution in [0.4, 0.5) is 0 Å². The number of nitrogens with one attached hydrogen (secondary N) is 1. The Morgan fingerprint density at radius 2 is 1.92 bits per heavy atom. The highest BCUT2D eigenvalue weighted by atomic mass is 32.2. The van der Waals surface area contributed by atoms with Gasteiger partial charge in [0.25, 0.3) is 0 Å². The zero-order chi connectivity index (χ0) is 17.9. The molecule has 1 aliphatic rings. The first-order valence-corrected chi connectivity index (χ1v) is 9.69. The van der Waals surface area contributed by atoms with Crippen LogP contribution < -0.4 is 5.32 Å². The number of aliphatic hydroxyl groups excluding tert-OH is 1. The SMILES string of the molecule is C[C@H](O)[C@@](C)(CNC(=O)[C@@H]1CSc2ccccc21)Cc1ccccc1. The normalized spacial score (nSPS) is 19.7. The van der Waals surface area contributed by atoms with Gasteiger partial charge in [0.05, 0.1) is 12.0 Å². The first kappa shape index (κ1) is 18.0. The maximum atomic E-state index is 12.7. The lowest BCUT2D eigenvalue weighted by Gasteiger charge is -2.33. The fraction of sp³-hybridized carbons (Fsp3) is 0.381. The lowest BCUT2D eigenvalue weighted by Crippen LogP contribution is -2.45. The molecular formula is C21H25NO2S. The van der Waals surface area contributed by atoms with Gasteiger partial charge in [0, 0.05) is 22.6 Å². The third-order valence-electron chi connectivity index (χ3n) is 5.14. The fourth-order valence-electron chi connectivity index (χ4n) is 3.21. The van der Waals surface area contributed by atoms with Crippen LogP contribution in [0.15, 0.2) is 59.5 Å². The molecule has 0 fully saturated rings. The Hall–Kier alpha value is -1.78. The van der Waals surface area contributed by atoms with Crippen molar-refractivity contribution in [3.8, 4) is 0 Å². The van der Waals surface area contributed by atoms with Crippen molar-refractivity contribution in [2.24, 2.45) is 5.41 Å². The molecule has 0 saturated carbocycles. The van der Waals surface area contributed by atoms with Crippen LogP contribution in [0.3, 0.4) is 0 Å². The summed E-state index contributed by atoms with van der Waals surface area (Å²) in [6.45, 7) is 4.29. The average molecular weight is 356 g/mol. The second-order valence-electron chi connectivity index (χ2n) is 7.11. The van der Waals surface area contributed by atoms with Gasteiger partial charge in [-0.3, -0.25) is 4.79 Å². The minimum atomic E-state index is -0.516. The van der Waals surface area contributed by atoms with Crippen LogP contribution in [0.5, 0.6) is 0 Å². The molecule has 1 amide bonds. The largest absolute Gasteiger partial charge is 0.393 e. The lowest BCUT2D eigenvalue weighted by molar-refractivity contribution is -0.122. The summed E-state index contributed by atoms with van der Waals surface area (Å²) >= 11 is 1.74. The minimum absolute atomic E-state index is 0.0531. The maximum absolute atomic E-state index is 12.7. The molecule has 2 aromatic carbocycles. The predicted octanol–water partition coefficient (Wildman–Crippen LogP) is 3.62. The van der Waals surface area contributed by atoms with E-state index in [0.29, 0.717) is 6.54 Å². The van der Waals surface area contributed by atoms with Gasteiger partial charge in [-0.15, -0.1) is 11.8 Å². The quantitative estimate of drug-likeness (QED) is 0.832. The zero-order valence-corrected chi connectivity index (χ0v) is 15.6. The van der Waals surface area contributed by atoms with E-state index in [1.165, 1.54) is 10.5 Å². The van der Waals surface area contributed by atoms with E-state index in [9.17, 15) is 9.90 Å². The van der Waals surface area contributed by atoms with Gasteiger partial charge in [-0.2, -0.15) is 0 Å². The Morgan fingerprint density at radius 1 is 1.24 bits per heavy atom. The topological polar surface area (TPSA) is 49.3 Å². The Labute approximate surface area is 153 Å². The van der Waals surface area contributed by atoms with E-state index in [2.05, 4.69) is 23.5 Å². The Bertz CT molecular complexity index is 732. The highest BCUT2D eigenvalue weighted by Gasteiger charge is 2.34. The Morgan fingerprint density at radius 3 is 2.64 bits per heavy atom. The van der Waals surface area contributed by atoms with Gasteiger partial charge in [0.1, 0.15) is 0 Å². The Kier molecular flexibility index (Phi) is 5.50. The van der Waals surface area contributed by atoms with Crippen molar-refractivity contribution >= 4 is 17.7 Å². The van der Waals surface area contributed by atoms with Crippen molar-refractivity contribution in [3.05, 3.63) is 65.7 Å². The summed E-state index contributed by atoms with van der Waals surface area (Å²) in [5.41, 5.74) is 1.89. The molecule has 2 aromatic rings. The molecule has 0 bridgehead atoms. The first-order chi connectivity index (χ1) is 12.0. The van der Waals surface area contributed by atoms with E-state index < -0.39 is 11.5 Å². The summed E-state index contributed by atoms with van der Waals surface area (Å²) in [6.07, 6.45) is 0.208. The molecule has 4 heteroatoms. The second-order valence-corrected chi connectivity index (χ2v) is 8.17. The van der Waals surface area contributed by atoms with Crippen molar-refractivity contribution in [3.63, 3.8) is 0 Å². The van der Waals surface area contributed by atoms with Crippen molar-refractivity contribution in [1.82, 2.24) is 5.32 Å². The third-order valence-corrected chi connectivity index (χ3v) is 6.33. The van der Waals surface area contributed by atoms with Crippen LogP contribution in [0.25, 0.3) is 0 Å². The number of hydrogen-bond acceptors (Lipinski definition) is 3. The number of rotatable bonds is 6. The fourth-order valence-corrected chi connectivity index (χ4v) is 4.44. The van der Waals surface area contributed by atoms with Gasteiger partial charge < -0.3 is 10.4 Å². The van der Waals surface area contributed by atoms with Gasteiger partial charge in [0.2, 0.25) is 5.91 Å². The first-order valence-electron chi connectivity index (χ1n) is 8.71. The molecule has 132 valence electrons. The number of fused-ring (bicyclic) bond motifs is 1. The van der Waals surface area contributed by atoms with E-state index >= 15 is 0 Å². The molecular weight excluding hydrogens is 330 g/mol. The molecule has 25 heavy (non-hydrogen) atoms. The smallest absolute Gasteiger partial charge is 0.228 e. The summed E-state index contributed by atoms with van der Waals surface area (Å²) in [5, 5.41) is 13.4. The van der Waals surface area contributed by atoms with Crippen LogP contribution in [0, 0.1) is 5.41 Å². The van der Waals surface area contributed by atoms with E-state index in [1.807, 2.05) is 43.3 Å². The van der Waals surface area contributed by atoms with Gasteiger partial charge in [-0.05, 0) is 30.5 Å². The number of thioether (sulfide) groups is 1. The monoisotopic (exact) mass is 355 g/mol. The number of benzene rings is 2. The molecule has 0 saturated heterocycles. The predicted molar refractivity (Wildman–Crippen MR) is 103 cm³/mol. The minimum Gasteiger partial charge on any atom is -0.393 e. The third kappa shape index (κ3) is 4.07. The lowest BCUT2D eigenvalue weighted by atomic mass is 9.79. The molecule has 2 N–H and O–H groups in total. The van der Waals surface area contributed by atoms with Crippen LogP contribution in [0.1, 0.15) is 30.9 Å². The molecule has 1 aliphatic heterocycles. The van der Waals surface area contributed by atoms with Crippen LogP contribution in [-0.4, -0.2) is 29.4 Å². The van der Waals surface area contributed by atoms with E-state index in [0.717, 1.165) is 17.7 Å². The number of amides is 1. The molecule has 0 unspecified atom stereocenters. The maximum Gasteiger partial charge on any atom is 0.228 e. The van der Waals surface area contributed by atoms with E-state index in [-0.39, 0.29) is 11.8 Å². The van der Waals surface area contributed by atoms with Gasteiger partial charge in [-0.1, -0.05) is 55.5 Å². The molecule has 0 spiro atoms. The van der Waals surface area contributed by atoms with Crippen molar-refractivity contribution in [2.75, 3.05) is 12.3 Å². The molecule has 0 aliphatic carbocycles. The van der Waals surface area contributed by atoms with E-state index in [1.54, 1.807) is 18.7 Å². The van der Waals surface area contributed by atoms with Crippen LogP contribution >= 0.6 is 11.8 Å². The van der Waals surface area contributed by atoms with Crippen molar-refractivity contribution in [2.45, 2.75) is 37.2 Å². The summed E-state index contributed by atoms with van der Waals surface area (Å²) in [6, 6.07) is 18.2. The summed E-state index contributed by atoms with van der Waals surface area (Å²) in [7, 11) is 0. The van der Waals surface area contributed by atoms with Gasteiger partial charge >= 0.3 is 0 Å². The highest BCUT2D eigenvalue weighted by molar-refractivity contribution is 7.99. The van der Waals surface area contributed by atoms with E-state index in [4.69, 9.17) is 0 Å². The Balaban J connectivity index is 1.67. The summed E-state index contributed by atoms with van der Waals surface area (Å²) < 4.78 is 0. The standard InChI is InChI=1S/C21H25NO2S/c1-15(23)21(2,12-16-8-4-3-5-9-16)14-22-20(24)18-13-25-19-11-7-6-10-17(18)19/h3-11,15,18,23H,12-14H2,1-2H3,(H,22,24)/t15-,18+,21+/m0/s1. The molecule has 3 atom stereocenters. The van der Waals surface area contributed by atoms with Crippen LogP contribution in [-0.2, 0) is 11.2 Å². The zero-order valence-electron chi connectivity index (χ0n) is 14.7. The summed E-state index contributed by atoms with van der Waals surface area (Å²) in [4.78, 5) is 13.9. The van der Waals surface area contributed by atoms with Crippen molar-refractivity contribution in [1.29, 1.82) is 0 Å². The van der Waals surface area contributed by atoms with Crippen molar-refractivity contribution < 1.29 is 9.90 Å². The number of hydrogen-bond donors (Lipinski definition) is 2. The number of aliphatic hydroxyl groups is 1. The number of carbonyl (C=O) groups is 1. The second kappa shape index (κ2) is 7.63. The molecule has 3 rings (SSSR count). The van der Waals surface area contributed by atoms with Crippen LogP contribution in [0.2, 0.25) is 0 Å². The highest BCUT2D eigenvalue weighted by Crippen LogP contribution is 2.39. The molecule has 1 heterocycles. The van der Waals surface area contributed by atoms with Gasteiger partial charge in [0.15, 0.2) is 0 Å². The average Bonchev–Trinajstić information content (AvgIpc) is 3.04. The number of carbonyl (C=O) groups excluding carboxylic acids is 1. The van der Waals surface area contributed by atoms with Gasteiger partial charge in [-0.25, -0.2) is 0 Å². The molecule has 3 nitrogen and oxygen atoms in total. The summed E-state index contributed by atoms with van der Waals surface area (Å²) in [5.74, 6) is 0.739. The molecule has 0 radical (unpaired) electrons. The molecule has 0 aromatic heterocycles.